The molecule has 3 aliphatic rings. The van der Waals surface area contributed by atoms with E-state index in [1.54, 1.807) is 14.9 Å². The first-order chi connectivity index (χ1) is 17.5. The van der Waals surface area contributed by atoms with E-state index in [0.717, 1.165) is 17.7 Å². The van der Waals surface area contributed by atoms with E-state index >= 15 is 0 Å². The second kappa shape index (κ2) is 12.3. The molecule has 208 valence electrons. The molecule has 0 radical (unpaired) electrons. The average Bonchev–Trinajstić information content (AvgIpc) is 3.51. The molecule has 10 nitrogen and oxygen atoms in total. The number of esters is 2. The van der Waals surface area contributed by atoms with Gasteiger partial charge in [0, 0.05) is 19.6 Å². The predicted molar refractivity (Wildman–Crippen MR) is 124 cm³/mol. The molecule has 37 heavy (non-hydrogen) atoms. The first-order valence-electron chi connectivity index (χ1n) is 13.0. The van der Waals surface area contributed by atoms with Gasteiger partial charge in [-0.05, 0) is 38.5 Å². The summed E-state index contributed by atoms with van der Waals surface area (Å²) in [6, 6.07) is -2.37. The van der Waals surface area contributed by atoms with E-state index in [0.29, 0.717) is 45.2 Å². The van der Waals surface area contributed by atoms with Gasteiger partial charge in [-0.1, -0.05) is 26.7 Å². The summed E-state index contributed by atoms with van der Waals surface area (Å²) in [7, 11) is 0. The van der Waals surface area contributed by atoms with Gasteiger partial charge in [0.2, 0.25) is 11.8 Å². The smallest absolute Gasteiger partial charge is 0.385 e. The molecule has 0 aromatic rings. The largest absolute Gasteiger partial charge is 0.491 e. The van der Waals surface area contributed by atoms with Crippen LogP contribution in [0, 0.1) is 0 Å². The maximum absolute atomic E-state index is 13.5. The molecule has 2 amide bonds. The Bertz CT molecular complexity index is 898. The van der Waals surface area contributed by atoms with Gasteiger partial charge in [0.1, 0.15) is 6.04 Å². The third-order valence-corrected chi connectivity index (χ3v) is 7.17. The summed E-state index contributed by atoms with van der Waals surface area (Å²) in [4.78, 5) is 66.1. The molecule has 3 aliphatic heterocycles. The van der Waals surface area contributed by atoms with Crippen LogP contribution in [-0.4, -0.2) is 106 Å². The molecule has 0 bridgehead atoms. The van der Waals surface area contributed by atoms with Crippen molar-refractivity contribution in [1.82, 2.24) is 19.8 Å². The normalized spacial score (nSPS) is 25.0. The van der Waals surface area contributed by atoms with E-state index in [4.69, 9.17) is 0 Å². The average molecular weight is 533 g/mol. The van der Waals surface area contributed by atoms with Crippen molar-refractivity contribution in [2.75, 3.05) is 32.7 Å². The number of carbonyl (C=O) groups is 5. The van der Waals surface area contributed by atoms with Gasteiger partial charge in [-0.15, -0.1) is 0 Å². The Kier molecular flexibility index (Phi) is 9.68. The quantitative estimate of drug-likeness (QED) is 0.326. The van der Waals surface area contributed by atoms with E-state index in [1.165, 1.54) is 0 Å². The molecule has 0 aliphatic carbocycles. The maximum atomic E-state index is 13.5. The number of likely N-dealkylation sites (tertiary alicyclic amines) is 1. The molecule has 0 spiro atoms. The number of unbranched alkanes of at least 4 members (excludes halogenated alkanes) is 1. The number of fused-ring (bicyclic) bond motifs is 1. The molecule has 3 atom stereocenters. The Labute approximate surface area is 214 Å². The standard InChI is InChI=1S/C24H35F3N4O6/c1-3-5-11-28(31-15-20(33)29-12-6-9-16(29)21(34)17(31)8-4-2)14-19(32)30-13-7-10-18(30)22(35)37-23(36)24(25,26)27/h16-18H,3-15H2,1-2H3/t16-,17-,18?/m1/s1. The highest BCUT2D eigenvalue weighted by molar-refractivity contribution is 5.96. The number of halogens is 3. The Morgan fingerprint density at radius 3 is 2.41 bits per heavy atom. The van der Waals surface area contributed by atoms with Crippen molar-refractivity contribution in [3.63, 3.8) is 0 Å². The van der Waals surface area contributed by atoms with Crippen LogP contribution < -0.4 is 0 Å². The number of hydrogen-bond donors (Lipinski definition) is 0. The lowest BCUT2D eigenvalue weighted by Gasteiger charge is -2.39. The lowest BCUT2D eigenvalue weighted by Crippen LogP contribution is -2.57. The van der Waals surface area contributed by atoms with Crippen LogP contribution in [0.15, 0.2) is 0 Å². The van der Waals surface area contributed by atoms with Crippen LogP contribution in [0.4, 0.5) is 13.2 Å². The minimum atomic E-state index is -5.32. The van der Waals surface area contributed by atoms with Gasteiger partial charge in [0.15, 0.2) is 5.78 Å². The van der Waals surface area contributed by atoms with Crippen LogP contribution in [0.5, 0.6) is 0 Å². The highest BCUT2D eigenvalue weighted by Gasteiger charge is 2.47. The van der Waals surface area contributed by atoms with Gasteiger partial charge in [-0.2, -0.15) is 13.2 Å². The SMILES string of the molecule is CCCCN(CC(=O)N1CCCC1C(=O)OC(=O)C(F)(F)F)N1CC(=O)N2CCC[C@@H]2C(=O)[C@H]1CCC. The summed E-state index contributed by atoms with van der Waals surface area (Å²) in [5, 5.41) is 3.35. The molecule has 0 aromatic heterocycles. The van der Waals surface area contributed by atoms with Crippen molar-refractivity contribution < 1.29 is 41.9 Å². The van der Waals surface area contributed by atoms with Gasteiger partial charge < -0.3 is 14.5 Å². The van der Waals surface area contributed by atoms with Gasteiger partial charge in [-0.25, -0.2) is 19.6 Å². The Morgan fingerprint density at radius 1 is 1.05 bits per heavy atom. The molecule has 0 aromatic carbocycles. The lowest BCUT2D eigenvalue weighted by molar-refractivity contribution is -0.203. The zero-order valence-corrected chi connectivity index (χ0v) is 21.3. The molecule has 3 heterocycles. The molecular formula is C24H35F3N4O6. The number of ketones is 1. The number of hydrogen-bond acceptors (Lipinski definition) is 8. The second-order valence-corrected chi connectivity index (χ2v) is 9.74. The van der Waals surface area contributed by atoms with Crippen molar-refractivity contribution in [2.45, 2.75) is 89.5 Å². The predicted octanol–water partition coefficient (Wildman–Crippen LogP) is 1.67. The van der Waals surface area contributed by atoms with Crippen LogP contribution in [0.3, 0.4) is 0 Å². The number of ether oxygens (including phenoxy) is 1. The monoisotopic (exact) mass is 532 g/mol. The fourth-order valence-corrected chi connectivity index (χ4v) is 5.34. The number of amides is 2. The molecule has 3 rings (SSSR count). The molecule has 3 fully saturated rings. The summed E-state index contributed by atoms with van der Waals surface area (Å²) in [6.07, 6.45) is -0.869. The number of Topliss-reactive ketones (excluding diaryl/α,β-unsaturated/α-hetero) is 1. The van der Waals surface area contributed by atoms with Crippen molar-refractivity contribution in [3.8, 4) is 0 Å². The zero-order chi connectivity index (χ0) is 27.3. The minimum absolute atomic E-state index is 0.0487. The van der Waals surface area contributed by atoms with E-state index in [2.05, 4.69) is 4.74 Å². The highest BCUT2D eigenvalue weighted by atomic mass is 19.4. The Hall–Kier alpha value is -2.54. The first kappa shape index (κ1) is 29.0. The number of hydrazine groups is 1. The zero-order valence-electron chi connectivity index (χ0n) is 21.3. The van der Waals surface area contributed by atoms with Gasteiger partial charge in [-0.3, -0.25) is 14.4 Å². The molecule has 13 heteroatoms. The number of carbonyl (C=O) groups excluding carboxylic acids is 5. The van der Waals surface area contributed by atoms with Gasteiger partial charge in [0.25, 0.3) is 0 Å². The second-order valence-electron chi connectivity index (χ2n) is 9.74. The molecule has 0 N–H and O–H groups in total. The minimum Gasteiger partial charge on any atom is -0.385 e. The van der Waals surface area contributed by atoms with E-state index in [9.17, 15) is 37.1 Å². The first-order valence-corrected chi connectivity index (χ1v) is 13.0. The third-order valence-electron chi connectivity index (χ3n) is 7.17. The fourth-order valence-electron chi connectivity index (χ4n) is 5.34. The topological polar surface area (TPSA) is 108 Å². The lowest BCUT2D eigenvalue weighted by atomic mass is 9.99. The van der Waals surface area contributed by atoms with Crippen molar-refractivity contribution in [3.05, 3.63) is 0 Å². The van der Waals surface area contributed by atoms with Crippen molar-refractivity contribution in [1.29, 1.82) is 0 Å². The third kappa shape index (κ3) is 6.67. The summed E-state index contributed by atoms with van der Waals surface area (Å²) < 4.78 is 41.6. The van der Waals surface area contributed by atoms with Gasteiger partial charge in [0.05, 0.1) is 25.2 Å². The van der Waals surface area contributed by atoms with E-state index in [1.807, 2.05) is 13.8 Å². The number of alkyl halides is 3. The molecule has 3 saturated heterocycles. The Balaban J connectivity index is 1.80. The number of rotatable bonds is 9. The summed E-state index contributed by atoms with van der Waals surface area (Å²) >= 11 is 0. The van der Waals surface area contributed by atoms with Gasteiger partial charge >= 0.3 is 18.1 Å². The summed E-state index contributed by atoms with van der Waals surface area (Å²) in [5.74, 6) is -4.82. The van der Waals surface area contributed by atoms with Crippen molar-refractivity contribution >= 4 is 29.5 Å². The van der Waals surface area contributed by atoms with Crippen molar-refractivity contribution in [2.24, 2.45) is 0 Å². The molecule has 1 unspecified atom stereocenters. The summed E-state index contributed by atoms with van der Waals surface area (Å²) in [5.41, 5.74) is 0. The fraction of sp³-hybridized carbons (Fsp3) is 0.792. The van der Waals surface area contributed by atoms with Crippen LogP contribution in [0.1, 0.15) is 65.2 Å². The molecular weight excluding hydrogens is 497 g/mol. The summed E-state index contributed by atoms with van der Waals surface area (Å²) in [6.45, 7) is 4.59. The Morgan fingerprint density at radius 2 is 1.76 bits per heavy atom. The van der Waals surface area contributed by atoms with Crippen LogP contribution >= 0.6 is 0 Å². The number of nitrogens with zero attached hydrogens (tertiary/aromatic N) is 4. The molecule has 0 saturated carbocycles. The van der Waals surface area contributed by atoms with Crippen LogP contribution in [0.25, 0.3) is 0 Å². The maximum Gasteiger partial charge on any atom is 0.491 e. The van der Waals surface area contributed by atoms with Crippen LogP contribution in [0.2, 0.25) is 0 Å². The highest BCUT2D eigenvalue weighted by Crippen LogP contribution is 2.28. The van der Waals surface area contributed by atoms with Crippen LogP contribution in [-0.2, 0) is 28.7 Å². The van der Waals surface area contributed by atoms with E-state index < -0.39 is 42.1 Å². The van der Waals surface area contributed by atoms with E-state index in [-0.39, 0.29) is 37.7 Å².